The van der Waals surface area contributed by atoms with Crippen LogP contribution in [0.5, 0.6) is 0 Å². The van der Waals surface area contributed by atoms with Crippen LogP contribution in [0.1, 0.15) is 41.0 Å². The Morgan fingerprint density at radius 3 is 0.853 bits per heavy atom. The minimum atomic E-state index is -0.935. The molecule has 0 radical (unpaired) electrons. The minimum Gasteiger partial charge on any atom is -0.478 e. The van der Waals surface area contributed by atoms with Crippen LogP contribution in [-0.2, 0) is 23.9 Å². The lowest BCUT2D eigenvalue weighted by Crippen LogP contribution is -2.32. The Kier molecular flexibility index (Phi) is 29.4. The van der Waals surface area contributed by atoms with Gasteiger partial charge in [0.1, 0.15) is 0 Å². The van der Waals surface area contributed by atoms with Gasteiger partial charge >= 0.3 is 23.9 Å². The average Bonchev–Trinajstić information content (AvgIpc) is 2.76. The first-order chi connectivity index (χ1) is 15.4. The minimum absolute atomic E-state index is 0.156. The molecule has 0 bridgehead atoms. The predicted octanol–water partition coefficient (Wildman–Crippen LogP) is 2.04. The average molecular weight is 493 g/mol. The highest BCUT2D eigenvalue weighted by Crippen LogP contribution is 2.18. The summed E-state index contributed by atoms with van der Waals surface area (Å²) in [6.45, 7) is 20.1. The highest BCUT2D eigenvalue weighted by Gasteiger charge is 2.24. The highest BCUT2D eigenvalue weighted by molar-refractivity contribution is 5.86. The number of carboxylic acid groups (broad SMARTS) is 3. The molecule has 0 aliphatic heterocycles. The van der Waals surface area contributed by atoms with Crippen LogP contribution in [0, 0.1) is 5.41 Å². The van der Waals surface area contributed by atoms with E-state index in [4.69, 9.17) is 30.6 Å². The van der Waals surface area contributed by atoms with E-state index in [0.29, 0.717) is 12.0 Å². The van der Waals surface area contributed by atoms with Crippen LogP contribution >= 0.6 is 0 Å². The monoisotopic (exact) mass is 492 g/mol. The van der Waals surface area contributed by atoms with E-state index in [2.05, 4.69) is 31.1 Å². The highest BCUT2D eigenvalue weighted by atomic mass is 16.5. The van der Waals surface area contributed by atoms with Crippen LogP contribution in [0.2, 0.25) is 0 Å². The molecule has 0 rings (SSSR count). The van der Waals surface area contributed by atoms with Gasteiger partial charge in [-0.05, 0) is 34.1 Å². The number of aliphatic carboxylic acids is 3. The molecule has 0 spiro atoms. The Bertz CT molecular complexity index is 576. The third kappa shape index (κ3) is 30.9. The van der Waals surface area contributed by atoms with E-state index in [1.807, 2.05) is 6.92 Å². The standard InChI is InChI=1S/C6H14O3.C5H8O2.3C4H6O2/c1-2-6(3-7,4-8)5-9;1-4(2)5(6)7-3;3*1-3(2)4(5)6/h7-9H,2-5H2,1H3;1H2,2-3H3;3*1H2,2H3,(H,5,6). The van der Waals surface area contributed by atoms with Crippen LogP contribution in [0.15, 0.2) is 48.6 Å². The fourth-order valence-corrected chi connectivity index (χ4v) is 0.660. The van der Waals surface area contributed by atoms with Crippen molar-refractivity contribution >= 4 is 23.9 Å². The molecule has 34 heavy (non-hydrogen) atoms. The first-order valence-corrected chi connectivity index (χ1v) is 9.58. The van der Waals surface area contributed by atoms with Crippen LogP contribution in [0.4, 0.5) is 0 Å². The van der Waals surface area contributed by atoms with Crippen molar-refractivity contribution in [2.75, 3.05) is 26.9 Å². The summed E-state index contributed by atoms with van der Waals surface area (Å²) in [6, 6.07) is 0. The first kappa shape index (κ1) is 41.0. The molecule has 0 saturated carbocycles. The fourth-order valence-electron chi connectivity index (χ4n) is 0.660. The lowest BCUT2D eigenvalue weighted by molar-refractivity contribution is -0.136. The molecule has 0 saturated heterocycles. The van der Waals surface area contributed by atoms with E-state index in [-0.39, 0.29) is 42.5 Å². The molecule has 6 N–H and O–H groups in total. The van der Waals surface area contributed by atoms with Crippen molar-refractivity contribution < 1.29 is 54.6 Å². The number of carbonyl (C=O) groups is 4. The topological polar surface area (TPSA) is 199 Å². The lowest BCUT2D eigenvalue weighted by Gasteiger charge is -2.24. The fraction of sp³-hybridized carbons (Fsp3) is 0.478. The van der Waals surface area contributed by atoms with Gasteiger partial charge in [0.15, 0.2) is 0 Å². The van der Waals surface area contributed by atoms with Gasteiger partial charge in [0.05, 0.1) is 26.9 Å². The summed E-state index contributed by atoms with van der Waals surface area (Å²) in [7, 11) is 1.33. The van der Waals surface area contributed by atoms with Crippen molar-refractivity contribution in [1.82, 2.24) is 0 Å². The molecular formula is C23H40O11. The maximum Gasteiger partial charge on any atom is 0.332 e. The number of aliphatic hydroxyl groups excluding tert-OH is 3. The molecule has 198 valence electrons. The molecule has 11 heteroatoms. The van der Waals surface area contributed by atoms with Crippen LogP contribution in [0.25, 0.3) is 0 Å². The molecule has 0 aromatic heterocycles. The molecule has 11 nitrogen and oxygen atoms in total. The number of esters is 1. The van der Waals surface area contributed by atoms with E-state index in [1.165, 1.54) is 27.9 Å². The Labute approximate surface area is 201 Å². The zero-order valence-electron chi connectivity index (χ0n) is 20.9. The number of ether oxygens (including phenoxy) is 1. The first-order valence-electron chi connectivity index (χ1n) is 9.58. The normalized spacial score (nSPS) is 8.74. The van der Waals surface area contributed by atoms with Gasteiger partial charge in [-0.1, -0.05) is 33.2 Å². The molecule has 0 fully saturated rings. The van der Waals surface area contributed by atoms with E-state index < -0.39 is 23.3 Å². The third-order valence-corrected chi connectivity index (χ3v) is 3.39. The number of rotatable bonds is 8. The van der Waals surface area contributed by atoms with Crippen molar-refractivity contribution in [3.8, 4) is 0 Å². The van der Waals surface area contributed by atoms with Crippen molar-refractivity contribution in [3.63, 3.8) is 0 Å². The predicted molar refractivity (Wildman–Crippen MR) is 128 cm³/mol. The second-order valence-corrected chi connectivity index (χ2v) is 6.86. The van der Waals surface area contributed by atoms with Gasteiger partial charge in [-0.3, -0.25) is 0 Å². The summed E-state index contributed by atoms with van der Waals surface area (Å²) in [5.74, 6) is -3.15. The lowest BCUT2D eigenvalue weighted by atomic mass is 9.88. The van der Waals surface area contributed by atoms with Gasteiger partial charge in [-0.2, -0.15) is 0 Å². The van der Waals surface area contributed by atoms with Crippen LogP contribution in [-0.4, -0.2) is 81.4 Å². The Morgan fingerprint density at radius 1 is 0.647 bits per heavy atom. The number of carbonyl (C=O) groups excluding carboxylic acids is 1. The van der Waals surface area contributed by atoms with Gasteiger partial charge in [-0.15, -0.1) is 0 Å². The Morgan fingerprint density at radius 2 is 0.853 bits per heavy atom. The molecule has 0 aliphatic rings. The van der Waals surface area contributed by atoms with E-state index in [9.17, 15) is 19.2 Å². The smallest absolute Gasteiger partial charge is 0.332 e. The van der Waals surface area contributed by atoms with Gasteiger partial charge < -0.3 is 35.4 Å². The van der Waals surface area contributed by atoms with Crippen molar-refractivity contribution in [3.05, 3.63) is 48.6 Å². The molecule has 0 aromatic rings. The van der Waals surface area contributed by atoms with Gasteiger partial charge in [0.2, 0.25) is 0 Å². The summed E-state index contributed by atoms with van der Waals surface area (Å²) >= 11 is 0. The zero-order valence-corrected chi connectivity index (χ0v) is 20.9. The molecule has 0 heterocycles. The zero-order chi connectivity index (χ0) is 28.7. The van der Waals surface area contributed by atoms with Crippen molar-refractivity contribution in [2.45, 2.75) is 41.0 Å². The van der Waals surface area contributed by atoms with Crippen molar-refractivity contribution in [1.29, 1.82) is 0 Å². The second kappa shape index (κ2) is 24.4. The van der Waals surface area contributed by atoms with Crippen LogP contribution in [0.3, 0.4) is 0 Å². The van der Waals surface area contributed by atoms with Crippen LogP contribution < -0.4 is 0 Å². The summed E-state index contributed by atoms with van der Waals surface area (Å²) < 4.78 is 4.27. The van der Waals surface area contributed by atoms with Gasteiger partial charge in [0.25, 0.3) is 0 Å². The maximum atomic E-state index is 10.2. The summed E-state index contributed by atoms with van der Waals surface area (Å²) in [4.78, 5) is 39.0. The Balaban J connectivity index is -0.000000104. The number of hydrogen-bond acceptors (Lipinski definition) is 8. The molecule has 0 aromatic carbocycles. The summed E-state index contributed by atoms with van der Waals surface area (Å²) in [6.07, 6.45) is 0.594. The maximum absolute atomic E-state index is 10.2. The number of carboxylic acids is 3. The van der Waals surface area contributed by atoms with Gasteiger partial charge in [-0.25, -0.2) is 19.2 Å². The summed E-state index contributed by atoms with van der Waals surface area (Å²) in [5.41, 5.74) is 0.294. The second-order valence-electron chi connectivity index (χ2n) is 6.86. The molecule has 0 atom stereocenters. The van der Waals surface area contributed by atoms with E-state index >= 15 is 0 Å². The third-order valence-electron chi connectivity index (χ3n) is 3.39. The number of aliphatic hydroxyl groups is 3. The Hall–Kier alpha value is -3.28. The largest absolute Gasteiger partial charge is 0.478 e. The van der Waals surface area contributed by atoms with E-state index in [1.54, 1.807) is 6.92 Å². The SMILES string of the molecule is C=C(C)C(=O)O.C=C(C)C(=O)O.C=C(C)C(=O)O.C=C(C)C(=O)OC.CCC(CO)(CO)CO. The molecule has 0 unspecified atom stereocenters. The molecule has 0 amide bonds. The number of methoxy groups -OCH3 is 1. The molecular weight excluding hydrogens is 452 g/mol. The summed E-state index contributed by atoms with van der Waals surface area (Å²) in [5, 5.41) is 49.6. The van der Waals surface area contributed by atoms with Gasteiger partial charge in [0, 0.05) is 27.7 Å². The number of hydrogen-bond donors (Lipinski definition) is 6. The quantitative estimate of drug-likeness (QED) is 0.214. The molecule has 0 aliphatic carbocycles. The van der Waals surface area contributed by atoms with E-state index in [0.717, 1.165) is 0 Å². The van der Waals surface area contributed by atoms with Crippen molar-refractivity contribution in [2.24, 2.45) is 5.41 Å².